The molecule has 0 atom stereocenters. The third-order valence-corrected chi connectivity index (χ3v) is 7.39. The monoisotopic (exact) mass is 327 g/mol. The summed E-state index contributed by atoms with van der Waals surface area (Å²) in [6.07, 6.45) is 2.67. The predicted molar refractivity (Wildman–Crippen MR) is 84.1 cm³/mol. The van der Waals surface area contributed by atoms with Crippen molar-refractivity contribution >= 4 is 29.8 Å². The predicted octanol–water partition coefficient (Wildman–Crippen LogP) is 3.61. The van der Waals surface area contributed by atoms with Crippen LogP contribution in [0.25, 0.3) is 11.5 Å². The molecule has 0 saturated carbocycles. The van der Waals surface area contributed by atoms with Crippen molar-refractivity contribution in [1.82, 2.24) is 4.98 Å². The molecule has 21 heavy (non-hydrogen) atoms. The van der Waals surface area contributed by atoms with Gasteiger partial charge < -0.3 is 13.7 Å². The van der Waals surface area contributed by atoms with Crippen molar-refractivity contribution in [3.05, 3.63) is 22.7 Å². The van der Waals surface area contributed by atoms with E-state index in [9.17, 15) is 9.36 Å². The second-order valence-electron chi connectivity index (χ2n) is 4.42. The maximum atomic E-state index is 12.9. The molecule has 0 amide bonds. The Hall–Kier alpha value is -1.39. The number of thiazole rings is 1. The summed E-state index contributed by atoms with van der Waals surface area (Å²) in [6, 6.07) is 1.74. The average Bonchev–Trinajstić information content (AvgIpc) is 3.15. The molecule has 0 N–H and O–H groups in total. The SMILES string of the molecule is CCOC(=O)c1nc(-c2occc2P(=O)(CC)CC)cs1. The standard InChI is InChI=1S/C14H18NO4PS/c1-4-18-14(16)13-15-10(9-21-13)12-11(7-8-19-12)20(17,5-2)6-3/h7-9H,4-6H2,1-3H3. The fourth-order valence-electron chi connectivity index (χ4n) is 2.04. The van der Waals surface area contributed by atoms with Crippen molar-refractivity contribution in [2.45, 2.75) is 20.8 Å². The highest BCUT2D eigenvalue weighted by molar-refractivity contribution is 7.71. The highest BCUT2D eigenvalue weighted by atomic mass is 32.1. The molecule has 0 aromatic carbocycles. The number of nitrogens with zero attached hydrogens (tertiary/aromatic N) is 1. The van der Waals surface area contributed by atoms with E-state index in [-0.39, 0.29) is 5.01 Å². The molecule has 2 heterocycles. The number of hydrogen-bond acceptors (Lipinski definition) is 6. The van der Waals surface area contributed by atoms with Crippen molar-refractivity contribution in [3.63, 3.8) is 0 Å². The summed E-state index contributed by atoms with van der Waals surface area (Å²) in [6.45, 7) is 5.87. The minimum absolute atomic E-state index is 0.275. The van der Waals surface area contributed by atoms with Gasteiger partial charge in [-0.1, -0.05) is 13.8 Å². The third kappa shape index (κ3) is 3.11. The van der Waals surface area contributed by atoms with Gasteiger partial charge >= 0.3 is 5.97 Å². The highest BCUT2D eigenvalue weighted by Crippen LogP contribution is 2.46. The molecule has 0 saturated heterocycles. The van der Waals surface area contributed by atoms with Gasteiger partial charge in [0.25, 0.3) is 0 Å². The summed E-state index contributed by atoms with van der Waals surface area (Å²) >= 11 is 1.20. The largest absolute Gasteiger partial charge is 0.462 e. The van der Waals surface area contributed by atoms with Gasteiger partial charge in [0.2, 0.25) is 5.01 Å². The summed E-state index contributed by atoms with van der Waals surface area (Å²) in [4.78, 5) is 15.9. The topological polar surface area (TPSA) is 69.4 Å². The van der Waals surface area contributed by atoms with Crippen molar-refractivity contribution < 1.29 is 18.5 Å². The van der Waals surface area contributed by atoms with Gasteiger partial charge in [0.05, 0.1) is 18.2 Å². The van der Waals surface area contributed by atoms with E-state index in [4.69, 9.17) is 9.15 Å². The maximum Gasteiger partial charge on any atom is 0.367 e. The molecule has 5 nitrogen and oxygen atoms in total. The highest BCUT2D eigenvalue weighted by Gasteiger charge is 2.28. The molecule has 2 rings (SSSR count). The second kappa shape index (κ2) is 6.58. The molecule has 114 valence electrons. The molecule has 2 aromatic heterocycles. The molecule has 0 bridgehead atoms. The number of carbonyl (C=O) groups is 1. The fourth-order valence-corrected chi connectivity index (χ4v) is 4.73. The van der Waals surface area contributed by atoms with Crippen molar-refractivity contribution in [2.75, 3.05) is 18.9 Å². The number of hydrogen-bond donors (Lipinski definition) is 0. The number of rotatable bonds is 6. The zero-order valence-electron chi connectivity index (χ0n) is 12.3. The Morgan fingerprint density at radius 3 is 2.71 bits per heavy atom. The summed E-state index contributed by atoms with van der Waals surface area (Å²) in [5, 5.41) is 2.70. The van der Waals surface area contributed by atoms with Gasteiger partial charge in [-0.2, -0.15) is 0 Å². The quantitative estimate of drug-likeness (QED) is 0.599. The van der Waals surface area contributed by atoms with E-state index in [1.807, 2.05) is 13.8 Å². The molecule has 0 spiro atoms. The number of aromatic nitrogens is 1. The Bertz CT molecular complexity index is 668. The van der Waals surface area contributed by atoms with Crippen LogP contribution < -0.4 is 5.30 Å². The van der Waals surface area contributed by atoms with Crippen molar-refractivity contribution in [2.24, 2.45) is 0 Å². The van der Waals surface area contributed by atoms with Gasteiger partial charge in [0.1, 0.15) is 12.8 Å². The molecule has 7 heteroatoms. The van der Waals surface area contributed by atoms with Crippen molar-refractivity contribution in [3.8, 4) is 11.5 Å². The van der Waals surface area contributed by atoms with Gasteiger partial charge in [0, 0.05) is 17.7 Å². The number of furan rings is 1. The van der Waals surface area contributed by atoms with Crippen LogP contribution in [0.1, 0.15) is 30.6 Å². The lowest BCUT2D eigenvalue weighted by atomic mass is 10.3. The lowest BCUT2D eigenvalue weighted by Gasteiger charge is -2.13. The Morgan fingerprint density at radius 1 is 1.38 bits per heavy atom. The zero-order chi connectivity index (χ0) is 15.5. The number of carbonyl (C=O) groups excluding carboxylic acids is 1. The Morgan fingerprint density at radius 2 is 2.10 bits per heavy atom. The van der Waals surface area contributed by atoms with Crippen LogP contribution in [0, 0.1) is 0 Å². The first-order valence-corrected chi connectivity index (χ1v) is 9.80. The van der Waals surface area contributed by atoms with Gasteiger partial charge in [-0.05, 0) is 13.0 Å². The van der Waals surface area contributed by atoms with Gasteiger partial charge in [-0.15, -0.1) is 11.3 Å². The Balaban J connectivity index is 2.39. The minimum Gasteiger partial charge on any atom is -0.462 e. The van der Waals surface area contributed by atoms with Gasteiger partial charge in [-0.25, -0.2) is 9.78 Å². The lowest BCUT2D eigenvalue weighted by Crippen LogP contribution is -2.09. The molecule has 0 aliphatic carbocycles. The molecule has 0 radical (unpaired) electrons. The first kappa shape index (κ1) is 16.0. The van der Waals surface area contributed by atoms with E-state index >= 15 is 0 Å². The molecule has 2 aromatic rings. The van der Waals surface area contributed by atoms with E-state index in [1.54, 1.807) is 18.4 Å². The molecular formula is C14H18NO4PS. The molecule has 0 unspecified atom stereocenters. The first-order valence-electron chi connectivity index (χ1n) is 6.84. The van der Waals surface area contributed by atoms with E-state index in [0.717, 1.165) is 0 Å². The van der Waals surface area contributed by atoms with Crippen molar-refractivity contribution in [1.29, 1.82) is 0 Å². The van der Waals surface area contributed by atoms with Crippen LogP contribution in [0.15, 0.2) is 22.1 Å². The normalized spacial score (nSPS) is 11.6. The number of ether oxygens (including phenoxy) is 1. The summed E-state index contributed by atoms with van der Waals surface area (Å²) < 4.78 is 23.3. The molecular weight excluding hydrogens is 309 g/mol. The molecule has 0 aliphatic rings. The van der Waals surface area contributed by atoms with Crippen LogP contribution >= 0.6 is 18.5 Å². The van der Waals surface area contributed by atoms with Crippen LogP contribution in [0.3, 0.4) is 0 Å². The third-order valence-electron chi connectivity index (χ3n) is 3.29. The minimum atomic E-state index is -2.46. The number of esters is 1. The fraction of sp³-hybridized carbons (Fsp3) is 0.429. The van der Waals surface area contributed by atoms with Crippen LogP contribution in [-0.2, 0) is 9.30 Å². The summed E-state index contributed by atoms with van der Waals surface area (Å²) in [5.41, 5.74) is 0.533. The lowest BCUT2D eigenvalue weighted by molar-refractivity contribution is 0.0526. The average molecular weight is 327 g/mol. The van der Waals surface area contributed by atoms with Gasteiger partial charge in [-0.3, -0.25) is 0 Å². The first-order chi connectivity index (χ1) is 10.1. The Labute approximate surface area is 127 Å². The van der Waals surface area contributed by atoms with E-state index in [0.29, 0.717) is 35.7 Å². The van der Waals surface area contributed by atoms with E-state index in [1.165, 1.54) is 17.6 Å². The van der Waals surface area contributed by atoms with Crippen LogP contribution in [0.5, 0.6) is 0 Å². The summed E-state index contributed by atoms with van der Waals surface area (Å²) in [5.74, 6) is 0.0462. The maximum absolute atomic E-state index is 12.9. The van der Waals surface area contributed by atoms with Crippen LogP contribution in [0.2, 0.25) is 0 Å². The molecule has 0 aliphatic heterocycles. The second-order valence-corrected chi connectivity index (χ2v) is 8.80. The summed E-state index contributed by atoms with van der Waals surface area (Å²) in [7, 11) is -2.46. The molecule has 0 fully saturated rings. The van der Waals surface area contributed by atoms with E-state index in [2.05, 4.69) is 4.98 Å². The smallest absolute Gasteiger partial charge is 0.367 e. The van der Waals surface area contributed by atoms with Crippen LogP contribution in [0.4, 0.5) is 0 Å². The Kier molecular flexibility index (Phi) is 5.01. The van der Waals surface area contributed by atoms with Crippen LogP contribution in [-0.4, -0.2) is 29.9 Å². The van der Waals surface area contributed by atoms with Gasteiger partial charge in [0.15, 0.2) is 5.76 Å². The zero-order valence-corrected chi connectivity index (χ0v) is 14.0. The van der Waals surface area contributed by atoms with E-state index < -0.39 is 13.1 Å².